The van der Waals surface area contributed by atoms with Crippen molar-refractivity contribution in [1.29, 1.82) is 0 Å². The zero-order chi connectivity index (χ0) is 29.2. The minimum Gasteiger partial charge on any atom is -0.443 e. The standard InChI is InChI=1S/C23H15Cl4I2N7O2S2/c1-23(2,3)38-22(37)36(18-14(26)10(4-6-30-18)39-20-16(28)34-12(24)8-32-20)19-15(27)11(5-7-31-19)40-21-17(29)35-13(25)9-33-21/h4-9H,1-3H3. The van der Waals surface area contributed by atoms with Crippen LogP contribution in [0.1, 0.15) is 20.8 Å². The summed E-state index contributed by atoms with van der Waals surface area (Å²) < 4.78 is 6.87. The summed E-state index contributed by atoms with van der Waals surface area (Å²) in [6.45, 7) is 5.23. The van der Waals surface area contributed by atoms with Crippen molar-refractivity contribution in [2.45, 2.75) is 46.2 Å². The summed E-state index contributed by atoms with van der Waals surface area (Å²) in [4.78, 5) is 41.8. The highest BCUT2D eigenvalue weighted by Crippen LogP contribution is 2.44. The number of anilines is 2. The molecule has 208 valence electrons. The average molecular weight is 881 g/mol. The van der Waals surface area contributed by atoms with Crippen LogP contribution in [0.3, 0.4) is 0 Å². The molecule has 0 aliphatic rings. The molecule has 0 aliphatic heterocycles. The molecule has 0 spiro atoms. The Morgan fingerprint density at radius 3 is 1.60 bits per heavy atom. The molecule has 0 aliphatic carbocycles. The third kappa shape index (κ3) is 7.90. The number of aromatic nitrogens is 6. The monoisotopic (exact) mass is 879 g/mol. The lowest BCUT2D eigenvalue weighted by molar-refractivity contribution is 0.0597. The maximum Gasteiger partial charge on any atom is 0.422 e. The molecule has 1 amide bonds. The second-order valence-corrected chi connectivity index (χ2v) is 14.1. The lowest BCUT2D eigenvalue weighted by Crippen LogP contribution is -2.35. The summed E-state index contributed by atoms with van der Waals surface area (Å²) >= 11 is 32.1. The van der Waals surface area contributed by atoms with E-state index in [0.717, 1.165) is 4.90 Å². The maximum absolute atomic E-state index is 13.6. The van der Waals surface area contributed by atoms with Gasteiger partial charge in [0.1, 0.15) is 33.4 Å². The van der Waals surface area contributed by atoms with Crippen LogP contribution in [-0.4, -0.2) is 41.6 Å². The number of hydrogen-bond acceptors (Lipinski definition) is 10. The Bertz CT molecular complexity index is 1490. The molecule has 17 heteroatoms. The highest BCUT2D eigenvalue weighted by Gasteiger charge is 2.32. The molecule has 4 rings (SSSR count). The second kappa shape index (κ2) is 13.6. The smallest absolute Gasteiger partial charge is 0.422 e. The molecule has 4 aromatic rings. The number of amides is 1. The Morgan fingerprint density at radius 2 is 1.23 bits per heavy atom. The van der Waals surface area contributed by atoms with Gasteiger partial charge in [-0.1, -0.05) is 69.9 Å². The summed E-state index contributed by atoms with van der Waals surface area (Å²) in [7, 11) is 0. The Morgan fingerprint density at radius 1 is 0.800 bits per heavy atom. The number of ether oxygens (including phenoxy) is 1. The molecule has 0 bridgehead atoms. The van der Waals surface area contributed by atoms with Gasteiger partial charge in [-0.2, -0.15) is 0 Å². The van der Waals surface area contributed by atoms with Crippen molar-refractivity contribution in [2.24, 2.45) is 0 Å². The first kappa shape index (κ1) is 32.0. The van der Waals surface area contributed by atoms with E-state index in [1.54, 1.807) is 32.9 Å². The quantitative estimate of drug-likeness (QED) is 0.174. The van der Waals surface area contributed by atoms with Gasteiger partial charge < -0.3 is 4.74 Å². The van der Waals surface area contributed by atoms with E-state index in [0.29, 0.717) is 27.2 Å². The van der Waals surface area contributed by atoms with Crippen molar-refractivity contribution < 1.29 is 9.53 Å². The summed E-state index contributed by atoms with van der Waals surface area (Å²) in [5.41, 5.74) is -0.836. The molecule has 0 saturated heterocycles. The van der Waals surface area contributed by atoms with Crippen LogP contribution in [0.4, 0.5) is 16.4 Å². The number of rotatable bonds is 6. The minimum absolute atomic E-state index is 0.0651. The molecular formula is C23H15Cl4I2N7O2S2. The normalized spacial score (nSPS) is 11.4. The fraction of sp³-hybridized carbons (Fsp3) is 0.174. The highest BCUT2D eigenvalue weighted by molar-refractivity contribution is 14.1. The van der Waals surface area contributed by atoms with Crippen LogP contribution in [-0.2, 0) is 4.74 Å². The van der Waals surface area contributed by atoms with Crippen molar-refractivity contribution in [3.8, 4) is 0 Å². The fourth-order valence-corrected chi connectivity index (χ4v) is 7.04. The summed E-state index contributed by atoms with van der Waals surface area (Å²) in [5, 5.41) is 1.98. The number of hydrogen-bond donors (Lipinski definition) is 0. The van der Waals surface area contributed by atoms with Gasteiger partial charge in [-0.25, -0.2) is 39.6 Å². The van der Waals surface area contributed by atoms with Gasteiger partial charge in [-0.05, 0) is 78.1 Å². The lowest BCUT2D eigenvalue weighted by atomic mass is 10.2. The van der Waals surface area contributed by atoms with Crippen molar-refractivity contribution in [3.63, 3.8) is 0 Å². The van der Waals surface area contributed by atoms with E-state index in [1.807, 2.05) is 45.2 Å². The van der Waals surface area contributed by atoms with Crippen molar-refractivity contribution >= 4 is 133 Å². The van der Waals surface area contributed by atoms with Crippen LogP contribution >= 0.6 is 115 Å². The van der Waals surface area contributed by atoms with Crippen LogP contribution in [0, 0.1) is 7.40 Å². The number of carbonyl (C=O) groups excluding carboxylic acids is 1. The second-order valence-electron chi connectivity index (χ2n) is 8.49. The summed E-state index contributed by atoms with van der Waals surface area (Å²) in [5.74, 6) is 0.130. The third-order valence-corrected chi connectivity index (χ3v) is 10.1. The Kier molecular flexibility index (Phi) is 10.8. The van der Waals surface area contributed by atoms with Gasteiger partial charge >= 0.3 is 6.09 Å². The average Bonchev–Trinajstić information content (AvgIpc) is 2.85. The van der Waals surface area contributed by atoms with Crippen LogP contribution in [0.25, 0.3) is 0 Å². The van der Waals surface area contributed by atoms with Gasteiger partial charge in [-0.15, -0.1) is 0 Å². The van der Waals surface area contributed by atoms with E-state index in [9.17, 15) is 4.79 Å². The topological polar surface area (TPSA) is 107 Å². The molecular weight excluding hydrogens is 866 g/mol. The molecule has 0 saturated carbocycles. The molecule has 0 radical (unpaired) electrons. The third-order valence-electron chi connectivity index (χ3n) is 4.42. The molecule has 9 nitrogen and oxygen atoms in total. The molecule has 0 aromatic carbocycles. The minimum atomic E-state index is -0.836. The molecule has 0 atom stereocenters. The SMILES string of the molecule is CC(C)(C)OC(=O)N(c1nccc(Sc2ncc(Cl)nc2I)c1Cl)c1nccc(Sc2ncc(Cl)nc2I)c1Cl. The van der Waals surface area contributed by atoms with Gasteiger partial charge in [0.2, 0.25) is 0 Å². The molecule has 40 heavy (non-hydrogen) atoms. The molecule has 4 aromatic heterocycles. The van der Waals surface area contributed by atoms with Crippen LogP contribution < -0.4 is 4.90 Å². The summed E-state index contributed by atoms with van der Waals surface area (Å²) in [6, 6.07) is 3.39. The lowest BCUT2D eigenvalue weighted by Gasteiger charge is -2.27. The van der Waals surface area contributed by atoms with Gasteiger partial charge in [0.05, 0.1) is 22.4 Å². The number of carbonyl (C=O) groups is 1. The fourth-order valence-electron chi connectivity index (χ4n) is 2.90. The maximum atomic E-state index is 13.6. The number of pyridine rings is 2. The molecule has 0 unspecified atom stereocenters. The largest absolute Gasteiger partial charge is 0.443 e. The van der Waals surface area contributed by atoms with E-state index in [-0.39, 0.29) is 32.0 Å². The zero-order valence-electron chi connectivity index (χ0n) is 20.5. The predicted octanol–water partition coefficient (Wildman–Crippen LogP) is 9.25. The van der Waals surface area contributed by atoms with E-state index in [2.05, 4.69) is 29.9 Å². The number of halogens is 6. The van der Waals surface area contributed by atoms with Gasteiger partial charge in [-0.3, -0.25) is 0 Å². The van der Waals surface area contributed by atoms with Gasteiger partial charge in [0.15, 0.2) is 11.6 Å². The van der Waals surface area contributed by atoms with E-state index in [1.165, 1.54) is 48.3 Å². The van der Waals surface area contributed by atoms with Crippen LogP contribution in [0.15, 0.2) is 56.8 Å². The first-order valence-electron chi connectivity index (χ1n) is 10.9. The molecule has 4 heterocycles. The van der Waals surface area contributed by atoms with E-state index < -0.39 is 11.7 Å². The van der Waals surface area contributed by atoms with E-state index >= 15 is 0 Å². The Balaban J connectivity index is 1.80. The van der Waals surface area contributed by atoms with Gasteiger partial charge in [0.25, 0.3) is 0 Å². The highest BCUT2D eigenvalue weighted by atomic mass is 127. The van der Waals surface area contributed by atoms with E-state index in [4.69, 9.17) is 51.1 Å². The summed E-state index contributed by atoms with van der Waals surface area (Å²) in [6.07, 6.45) is 5.12. The molecule has 0 N–H and O–H groups in total. The first-order valence-corrected chi connectivity index (χ1v) is 16.2. The zero-order valence-corrected chi connectivity index (χ0v) is 29.5. The first-order chi connectivity index (χ1) is 18.8. The van der Waals surface area contributed by atoms with Crippen molar-refractivity contribution in [2.75, 3.05) is 4.90 Å². The van der Waals surface area contributed by atoms with Gasteiger partial charge in [0, 0.05) is 22.2 Å². The van der Waals surface area contributed by atoms with Crippen LogP contribution in [0.5, 0.6) is 0 Å². The van der Waals surface area contributed by atoms with Crippen LogP contribution in [0.2, 0.25) is 20.4 Å². The number of nitrogens with zero attached hydrogens (tertiary/aromatic N) is 7. The predicted molar refractivity (Wildman–Crippen MR) is 175 cm³/mol. The Labute approximate surface area is 285 Å². The molecule has 0 fully saturated rings. The van der Waals surface area contributed by atoms with Crippen molar-refractivity contribution in [3.05, 3.63) is 64.7 Å². The Hall–Kier alpha value is -0.950. The van der Waals surface area contributed by atoms with Crippen molar-refractivity contribution in [1.82, 2.24) is 29.9 Å².